The Morgan fingerprint density at radius 3 is 2.77 bits per heavy atom. The van der Waals surface area contributed by atoms with Crippen molar-refractivity contribution in [3.8, 4) is 0 Å². The van der Waals surface area contributed by atoms with Gasteiger partial charge in [-0.1, -0.05) is 30.3 Å². The Bertz CT molecular complexity index is 590. The lowest BCUT2D eigenvalue weighted by Crippen LogP contribution is -2.40. The summed E-state index contributed by atoms with van der Waals surface area (Å²) in [5, 5.41) is 0. The van der Waals surface area contributed by atoms with Crippen LogP contribution < -0.4 is 0 Å². The van der Waals surface area contributed by atoms with Gasteiger partial charge in [-0.05, 0) is 32.4 Å². The molecule has 3 rings (SSSR count). The molecular formula is C18H24N2OS. The first kappa shape index (κ1) is 15.7. The van der Waals surface area contributed by atoms with Crippen molar-refractivity contribution in [2.75, 3.05) is 33.4 Å². The number of aromatic nitrogens is 1. The molecule has 0 aliphatic carbocycles. The number of nitrogens with zero attached hydrogens (tertiary/aromatic N) is 2. The number of rotatable bonds is 6. The van der Waals surface area contributed by atoms with Crippen LogP contribution in [0.4, 0.5) is 0 Å². The average Bonchev–Trinajstić information content (AvgIpc) is 3.16. The number of benzene rings is 1. The molecule has 1 atom stereocenters. The summed E-state index contributed by atoms with van der Waals surface area (Å²) in [5.74, 6) is 0. The second-order valence-corrected chi connectivity index (χ2v) is 7.24. The fourth-order valence-electron chi connectivity index (χ4n) is 3.30. The van der Waals surface area contributed by atoms with Crippen molar-refractivity contribution in [1.82, 2.24) is 9.88 Å². The summed E-state index contributed by atoms with van der Waals surface area (Å²) in [7, 11) is 2.22. The molecule has 22 heavy (non-hydrogen) atoms. The van der Waals surface area contributed by atoms with Crippen molar-refractivity contribution in [2.24, 2.45) is 0 Å². The zero-order valence-electron chi connectivity index (χ0n) is 13.4. The molecule has 2 heterocycles. The van der Waals surface area contributed by atoms with Gasteiger partial charge in [0.15, 0.2) is 0 Å². The number of hydrogen-bond acceptors (Lipinski definition) is 4. The lowest BCUT2D eigenvalue weighted by atomic mass is 9.79. The summed E-state index contributed by atoms with van der Waals surface area (Å²) >= 11 is 1.77. The molecule has 1 aromatic carbocycles. The predicted molar refractivity (Wildman–Crippen MR) is 91.6 cm³/mol. The molecule has 0 saturated carbocycles. The Morgan fingerprint density at radius 1 is 1.32 bits per heavy atom. The number of ether oxygens (including phenoxy) is 1. The highest BCUT2D eigenvalue weighted by molar-refractivity contribution is 7.09. The van der Waals surface area contributed by atoms with E-state index in [1.54, 1.807) is 11.3 Å². The molecule has 1 aliphatic rings. The Hall–Kier alpha value is -1.23. The molecule has 1 aromatic heterocycles. The van der Waals surface area contributed by atoms with E-state index in [0.29, 0.717) is 0 Å². The van der Waals surface area contributed by atoms with Crippen LogP contribution in [-0.4, -0.2) is 43.2 Å². The molecule has 0 spiro atoms. The van der Waals surface area contributed by atoms with Gasteiger partial charge < -0.3 is 9.64 Å². The van der Waals surface area contributed by atoms with E-state index in [4.69, 9.17) is 4.74 Å². The standard InChI is InChI=1S/C18H24N2OS/c1-15-17(22-14-19-15)8-10-20(2)12-18(9-11-21-13-18)16-6-4-3-5-7-16/h3-7,14H,8-13H2,1-2H3. The van der Waals surface area contributed by atoms with Crippen LogP contribution in [0.15, 0.2) is 35.8 Å². The lowest BCUT2D eigenvalue weighted by molar-refractivity contribution is 0.159. The van der Waals surface area contributed by atoms with Gasteiger partial charge in [0.2, 0.25) is 0 Å². The number of likely N-dealkylation sites (N-methyl/N-ethyl adjacent to an activating group) is 1. The lowest BCUT2D eigenvalue weighted by Gasteiger charge is -2.33. The van der Waals surface area contributed by atoms with Crippen LogP contribution in [0.2, 0.25) is 0 Å². The third kappa shape index (κ3) is 3.40. The third-order valence-corrected chi connectivity index (χ3v) is 5.62. The zero-order valence-corrected chi connectivity index (χ0v) is 14.2. The normalized spacial score (nSPS) is 21.6. The maximum Gasteiger partial charge on any atom is 0.0797 e. The average molecular weight is 316 g/mol. The smallest absolute Gasteiger partial charge is 0.0797 e. The van der Waals surface area contributed by atoms with E-state index in [-0.39, 0.29) is 5.41 Å². The summed E-state index contributed by atoms with van der Waals surface area (Å²) in [6, 6.07) is 10.8. The molecule has 1 unspecified atom stereocenters. The Kier molecular flexibility index (Phi) is 4.91. The van der Waals surface area contributed by atoms with Crippen LogP contribution in [0, 0.1) is 6.92 Å². The van der Waals surface area contributed by atoms with Crippen LogP contribution >= 0.6 is 11.3 Å². The summed E-state index contributed by atoms with van der Waals surface area (Å²) in [6.07, 6.45) is 2.19. The minimum Gasteiger partial charge on any atom is -0.380 e. The fraction of sp³-hybridized carbons (Fsp3) is 0.500. The second kappa shape index (κ2) is 6.90. The minimum absolute atomic E-state index is 0.152. The number of hydrogen-bond donors (Lipinski definition) is 0. The van der Waals surface area contributed by atoms with Gasteiger partial charge in [0.1, 0.15) is 0 Å². The molecule has 3 nitrogen and oxygen atoms in total. The molecular weight excluding hydrogens is 292 g/mol. The number of thiazole rings is 1. The molecule has 0 radical (unpaired) electrons. The van der Waals surface area contributed by atoms with Gasteiger partial charge >= 0.3 is 0 Å². The predicted octanol–water partition coefficient (Wildman–Crippen LogP) is 3.28. The molecule has 0 bridgehead atoms. The van der Waals surface area contributed by atoms with E-state index < -0.39 is 0 Å². The van der Waals surface area contributed by atoms with Gasteiger partial charge in [0, 0.05) is 30.0 Å². The summed E-state index contributed by atoms with van der Waals surface area (Å²) < 4.78 is 5.75. The second-order valence-electron chi connectivity index (χ2n) is 6.30. The van der Waals surface area contributed by atoms with Crippen LogP contribution in [-0.2, 0) is 16.6 Å². The molecule has 4 heteroatoms. The van der Waals surface area contributed by atoms with Crippen molar-refractivity contribution in [1.29, 1.82) is 0 Å². The Morgan fingerprint density at radius 2 is 2.14 bits per heavy atom. The molecule has 0 N–H and O–H groups in total. The third-order valence-electron chi connectivity index (χ3n) is 4.63. The van der Waals surface area contributed by atoms with Gasteiger partial charge in [-0.15, -0.1) is 11.3 Å². The first-order chi connectivity index (χ1) is 10.7. The summed E-state index contributed by atoms with van der Waals surface area (Å²) in [4.78, 5) is 8.19. The Balaban J connectivity index is 1.65. The van der Waals surface area contributed by atoms with E-state index in [0.717, 1.165) is 39.1 Å². The van der Waals surface area contributed by atoms with Gasteiger partial charge in [-0.2, -0.15) is 0 Å². The maximum atomic E-state index is 5.75. The minimum atomic E-state index is 0.152. The highest BCUT2D eigenvalue weighted by Gasteiger charge is 2.37. The number of aryl methyl sites for hydroxylation is 1. The topological polar surface area (TPSA) is 25.4 Å². The van der Waals surface area contributed by atoms with Gasteiger partial charge in [-0.25, -0.2) is 4.98 Å². The molecule has 2 aromatic rings. The SMILES string of the molecule is Cc1ncsc1CCN(C)CC1(c2ccccc2)CCOC1. The van der Waals surface area contributed by atoms with Gasteiger partial charge in [0.25, 0.3) is 0 Å². The van der Waals surface area contributed by atoms with Crippen molar-refractivity contribution in [3.05, 3.63) is 52.0 Å². The quantitative estimate of drug-likeness (QED) is 0.818. The highest BCUT2D eigenvalue weighted by atomic mass is 32.1. The molecule has 1 fully saturated rings. The van der Waals surface area contributed by atoms with Crippen LogP contribution in [0.1, 0.15) is 22.6 Å². The van der Waals surface area contributed by atoms with E-state index in [2.05, 4.69) is 54.2 Å². The van der Waals surface area contributed by atoms with Crippen LogP contribution in [0.5, 0.6) is 0 Å². The molecule has 118 valence electrons. The molecule has 1 aliphatic heterocycles. The van der Waals surface area contributed by atoms with Crippen molar-refractivity contribution < 1.29 is 4.74 Å². The Labute approximate surface area is 137 Å². The van der Waals surface area contributed by atoms with Crippen LogP contribution in [0.3, 0.4) is 0 Å². The largest absolute Gasteiger partial charge is 0.380 e. The van der Waals surface area contributed by atoms with Crippen molar-refractivity contribution in [2.45, 2.75) is 25.2 Å². The van der Waals surface area contributed by atoms with Crippen LogP contribution in [0.25, 0.3) is 0 Å². The summed E-state index contributed by atoms with van der Waals surface area (Å²) in [5.41, 5.74) is 4.69. The summed E-state index contributed by atoms with van der Waals surface area (Å²) in [6.45, 7) is 5.92. The monoisotopic (exact) mass is 316 g/mol. The highest BCUT2D eigenvalue weighted by Crippen LogP contribution is 2.34. The fourth-order valence-corrected chi connectivity index (χ4v) is 4.07. The van der Waals surface area contributed by atoms with Crippen molar-refractivity contribution >= 4 is 11.3 Å². The van der Waals surface area contributed by atoms with E-state index in [1.165, 1.54) is 16.1 Å². The van der Waals surface area contributed by atoms with E-state index in [9.17, 15) is 0 Å². The zero-order chi connectivity index (χ0) is 15.4. The molecule has 0 amide bonds. The first-order valence-electron chi connectivity index (χ1n) is 7.90. The maximum absolute atomic E-state index is 5.75. The molecule has 1 saturated heterocycles. The van der Waals surface area contributed by atoms with Gasteiger partial charge in [0.05, 0.1) is 17.8 Å². The van der Waals surface area contributed by atoms with Gasteiger partial charge in [-0.3, -0.25) is 0 Å². The van der Waals surface area contributed by atoms with E-state index in [1.807, 2.05) is 5.51 Å². The first-order valence-corrected chi connectivity index (χ1v) is 8.78. The van der Waals surface area contributed by atoms with E-state index >= 15 is 0 Å². The van der Waals surface area contributed by atoms with Crippen molar-refractivity contribution in [3.63, 3.8) is 0 Å².